The fourth-order valence-corrected chi connectivity index (χ4v) is 2.65. The quantitative estimate of drug-likeness (QED) is 0.780. The van der Waals surface area contributed by atoms with Crippen molar-refractivity contribution in [3.63, 3.8) is 0 Å². The fourth-order valence-electron chi connectivity index (χ4n) is 2.52. The first-order chi connectivity index (χ1) is 9.34. The van der Waals surface area contributed by atoms with Crippen LogP contribution in [0.3, 0.4) is 0 Å². The van der Waals surface area contributed by atoms with Gasteiger partial charge in [-0.15, -0.1) is 0 Å². The van der Waals surface area contributed by atoms with E-state index < -0.39 is 0 Å². The van der Waals surface area contributed by atoms with Crippen molar-refractivity contribution >= 4 is 17.4 Å². The predicted molar refractivity (Wildman–Crippen MR) is 78.5 cm³/mol. The number of piperidine rings is 1. The molecular formula is C15H16ClN3. The molecule has 1 aliphatic rings. The van der Waals surface area contributed by atoms with Crippen molar-refractivity contribution in [1.82, 2.24) is 9.97 Å². The van der Waals surface area contributed by atoms with Crippen LogP contribution in [0.2, 0.25) is 5.28 Å². The van der Waals surface area contributed by atoms with Gasteiger partial charge in [0, 0.05) is 24.8 Å². The molecule has 1 aromatic carbocycles. The van der Waals surface area contributed by atoms with Crippen LogP contribution in [0, 0.1) is 0 Å². The molecule has 0 amide bonds. The molecule has 1 saturated heterocycles. The molecule has 0 aliphatic carbocycles. The monoisotopic (exact) mass is 273 g/mol. The van der Waals surface area contributed by atoms with Gasteiger partial charge in [-0.3, -0.25) is 0 Å². The predicted octanol–water partition coefficient (Wildman–Crippen LogP) is 3.79. The Labute approximate surface area is 118 Å². The van der Waals surface area contributed by atoms with Crippen LogP contribution in [0.5, 0.6) is 0 Å². The van der Waals surface area contributed by atoms with Crippen molar-refractivity contribution in [2.24, 2.45) is 0 Å². The molecule has 1 aliphatic heterocycles. The molecule has 3 nitrogen and oxygen atoms in total. The summed E-state index contributed by atoms with van der Waals surface area (Å²) in [6.45, 7) is 2.10. The Kier molecular flexibility index (Phi) is 3.65. The van der Waals surface area contributed by atoms with Crippen LogP contribution in [0.15, 0.2) is 36.5 Å². The lowest BCUT2D eigenvalue weighted by atomic mass is 10.1. The zero-order valence-corrected chi connectivity index (χ0v) is 11.5. The van der Waals surface area contributed by atoms with Gasteiger partial charge in [-0.25, -0.2) is 4.98 Å². The van der Waals surface area contributed by atoms with Gasteiger partial charge >= 0.3 is 0 Å². The molecular weight excluding hydrogens is 258 g/mol. The standard InChI is InChI=1S/C15H16ClN3/c16-15-17-11-13(12-7-3-1-4-8-12)14(18-15)19-9-5-2-6-10-19/h1,3-4,7-8,11H,2,5-6,9-10H2. The van der Waals surface area contributed by atoms with Gasteiger partial charge in [0.1, 0.15) is 5.82 Å². The maximum absolute atomic E-state index is 5.97. The minimum absolute atomic E-state index is 0.320. The lowest BCUT2D eigenvalue weighted by Gasteiger charge is -2.29. The number of hydrogen-bond acceptors (Lipinski definition) is 3. The first kappa shape index (κ1) is 12.4. The Balaban J connectivity index is 2.04. The van der Waals surface area contributed by atoms with Crippen LogP contribution in [-0.4, -0.2) is 23.1 Å². The molecule has 2 heterocycles. The van der Waals surface area contributed by atoms with Crippen LogP contribution in [0.1, 0.15) is 19.3 Å². The minimum atomic E-state index is 0.320. The summed E-state index contributed by atoms with van der Waals surface area (Å²) in [5, 5.41) is 0.320. The second kappa shape index (κ2) is 5.57. The number of halogens is 1. The molecule has 4 heteroatoms. The van der Waals surface area contributed by atoms with Gasteiger partial charge in [0.15, 0.2) is 0 Å². The van der Waals surface area contributed by atoms with Gasteiger partial charge in [-0.2, -0.15) is 4.98 Å². The number of aromatic nitrogens is 2. The van der Waals surface area contributed by atoms with Crippen molar-refractivity contribution in [3.05, 3.63) is 41.8 Å². The topological polar surface area (TPSA) is 29.0 Å². The van der Waals surface area contributed by atoms with Crippen molar-refractivity contribution in [2.45, 2.75) is 19.3 Å². The summed E-state index contributed by atoms with van der Waals surface area (Å²) in [6.07, 6.45) is 5.57. The molecule has 19 heavy (non-hydrogen) atoms. The average molecular weight is 274 g/mol. The summed E-state index contributed by atoms with van der Waals surface area (Å²) in [5.41, 5.74) is 2.20. The summed E-state index contributed by atoms with van der Waals surface area (Å²) in [5.74, 6) is 0.964. The molecule has 1 aromatic heterocycles. The highest BCUT2D eigenvalue weighted by molar-refractivity contribution is 6.28. The van der Waals surface area contributed by atoms with Crippen LogP contribution < -0.4 is 4.90 Å². The second-order valence-electron chi connectivity index (χ2n) is 4.79. The SMILES string of the molecule is Clc1ncc(-c2ccccc2)c(N2CCCCC2)n1. The average Bonchev–Trinajstić information content (AvgIpc) is 2.49. The van der Waals surface area contributed by atoms with Gasteiger partial charge in [-0.05, 0) is 36.4 Å². The van der Waals surface area contributed by atoms with E-state index in [1.807, 2.05) is 24.4 Å². The Morgan fingerprint density at radius 1 is 1.00 bits per heavy atom. The van der Waals surface area contributed by atoms with Gasteiger partial charge in [0.05, 0.1) is 0 Å². The molecule has 2 aromatic rings. The van der Waals surface area contributed by atoms with Crippen LogP contribution in [0.4, 0.5) is 5.82 Å². The Bertz CT molecular complexity index is 551. The van der Waals surface area contributed by atoms with E-state index in [4.69, 9.17) is 11.6 Å². The Morgan fingerprint density at radius 3 is 2.47 bits per heavy atom. The molecule has 0 radical (unpaired) electrons. The third-order valence-electron chi connectivity index (χ3n) is 3.48. The van der Waals surface area contributed by atoms with Crippen molar-refractivity contribution in [2.75, 3.05) is 18.0 Å². The minimum Gasteiger partial charge on any atom is -0.356 e. The highest BCUT2D eigenvalue weighted by atomic mass is 35.5. The van der Waals surface area contributed by atoms with Crippen LogP contribution in [-0.2, 0) is 0 Å². The number of rotatable bonds is 2. The lowest BCUT2D eigenvalue weighted by molar-refractivity contribution is 0.573. The summed E-state index contributed by atoms with van der Waals surface area (Å²) < 4.78 is 0. The third-order valence-corrected chi connectivity index (χ3v) is 3.66. The zero-order valence-electron chi connectivity index (χ0n) is 10.7. The number of hydrogen-bond donors (Lipinski definition) is 0. The number of benzene rings is 1. The van der Waals surface area contributed by atoms with Gasteiger partial charge in [-0.1, -0.05) is 30.3 Å². The van der Waals surface area contributed by atoms with Crippen LogP contribution in [0.25, 0.3) is 11.1 Å². The molecule has 0 atom stereocenters. The molecule has 0 saturated carbocycles. The zero-order chi connectivity index (χ0) is 13.1. The summed E-state index contributed by atoms with van der Waals surface area (Å²) in [6, 6.07) is 10.2. The summed E-state index contributed by atoms with van der Waals surface area (Å²) in [7, 11) is 0. The van der Waals surface area contributed by atoms with Crippen molar-refractivity contribution in [3.8, 4) is 11.1 Å². The van der Waals surface area contributed by atoms with E-state index >= 15 is 0 Å². The summed E-state index contributed by atoms with van der Waals surface area (Å²) >= 11 is 5.97. The van der Waals surface area contributed by atoms with E-state index in [1.54, 1.807) is 0 Å². The van der Waals surface area contributed by atoms with E-state index in [2.05, 4.69) is 27.0 Å². The van der Waals surface area contributed by atoms with E-state index in [0.717, 1.165) is 30.0 Å². The molecule has 0 spiro atoms. The Morgan fingerprint density at radius 2 is 1.74 bits per heavy atom. The van der Waals surface area contributed by atoms with E-state index in [1.165, 1.54) is 19.3 Å². The number of anilines is 1. The van der Waals surface area contributed by atoms with E-state index in [9.17, 15) is 0 Å². The second-order valence-corrected chi connectivity index (χ2v) is 5.13. The molecule has 3 rings (SSSR count). The van der Waals surface area contributed by atoms with Crippen LogP contribution >= 0.6 is 11.6 Å². The maximum atomic E-state index is 5.97. The van der Waals surface area contributed by atoms with E-state index in [0.29, 0.717) is 5.28 Å². The van der Waals surface area contributed by atoms with Crippen molar-refractivity contribution < 1.29 is 0 Å². The fraction of sp³-hybridized carbons (Fsp3) is 0.333. The lowest BCUT2D eigenvalue weighted by Crippen LogP contribution is -2.30. The molecule has 0 N–H and O–H groups in total. The Hall–Kier alpha value is -1.61. The van der Waals surface area contributed by atoms with Crippen molar-refractivity contribution in [1.29, 1.82) is 0 Å². The van der Waals surface area contributed by atoms with Gasteiger partial charge in [0.2, 0.25) is 5.28 Å². The smallest absolute Gasteiger partial charge is 0.224 e. The summed E-state index contributed by atoms with van der Waals surface area (Å²) in [4.78, 5) is 10.9. The molecule has 0 unspecified atom stereocenters. The maximum Gasteiger partial charge on any atom is 0.224 e. The molecule has 0 bridgehead atoms. The third kappa shape index (κ3) is 2.71. The first-order valence-electron chi connectivity index (χ1n) is 6.67. The van der Waals surface area contributed by atoms with Gasteiger partial charge in [0.25, 0.3) is 0 Å². The van der Waals surface area contributed by atoms with E-state index in [-0.39, 0.29) is 0 Å². The molecule has 98 valence electrons. The highest BCUT2D eigenvalue weighted by Crippen LogP contribution is 2.30. The highest BCUT2D eigenvalue weighted by Gasteiger charge is 2.17. The first-order valence-corrected chi connectivity index (χ1v) is 7.05. The van der Waals surface area contributed by atoms with Gasteiger partial charge < -0.3 is 4.90 Å². The normalized spacial score (nSPS) is 15.5. The molecule has 1 fully saturated rings. The number of nitrogens with zero attached hydrogens (tertiary/aromatic N) is 3. The largest absolute Gasteiger partial charge is 0.356 e.